The summed E-state index contributed by atoms with van der Waals surface area (Å²) in [6.45, 7) is 6.45. The first-order valence-corrected chi connectivity index (χ1v) is 11.0. The molecule has 4 aromatic rings. The number of nitrogens with zero attached hydrogens (tertiary/aromatic N) is 7. The Morgan fingerprint density at radius 3 is 2.70 bits per heavy atom. The SMILES string of the molecule is Cc1nc(C)c(-c2ccc(=O)n(CC3CCN(c4ccc5nccn5n4)CC3)n2)s1. The molecule has 8 nitrogen and oxygen atoms in total. The van der Waals surface area contributed by atoms with Gasteiger partial charge < -0.3 is 4.90 Å². The molecule has 0 aliphatic carbocycles. The van der Waals surface area contributed by atoms with E-state index in [0.717, 1.165) is 58.7 Å². The van der Waals surface area contributed by atoms with Crippen molar-refractivity contribution < 1.29 is 0 Å². The van der Waals surface area contributed by atoms with Crippen LogP contribution in [0.3, 0.4) is 0 Å². The van der Waals surface area contributed by atoms with Crippen molar-refractivity contribution in [2.75, 3.05) is 18.0 Å². The average molecular weight is 422 g/mol. The predicted molar refractivity (Wildman–Crippen MR) is 117 cm³/mol. The molecule has 0 saturated carbocycles. The van der Waals surface area contributed by atoms with Crippen molar-refractivity contribution in [1.29, 1.82) is 0 Å². The second-order valence-corrected chi connectivity index (χ2v) is 8.94. The van der Waals surface area contributed by atoms with E-state index in [1.807, 2.05) is 32.2 Å². The van der Waals surface area contributed by atoms with Crippen molar-refractivity contribution in [1.82, 2.24) is 29.4 Å². The molecule has 1 aliphatic heterocycles. The van der Waals surface area contributed by atoms with E-state index in [2.05, 4.69) is 25.1 Å². The van der Waals surface area contributed by atoms with Crippen LogP contribution in [-0.2, 0) is 6.54 Å². The van der Waals surface area contributed by atoms with Crippen molar-refractivity contribution in [3.63, 3.8) is 0 Å². The van der Waals surface area contributed by atoms with Gasteiger partial charge in [0, 0.05) is 38.1 Å². The Bertz CT molecular complexity index is 1250. The van der Waals surface area contributed by atoms with Crippen molar-refractivity contribution in [2.45, 2.75) is 33.2 Å². The predicted octanol–water partition coefficient (Wildman–Crippen LogP) is 2.94. The maximum absolute atomic E-state index is 12.4. The molecule has 1 saturated heterocycles. The molecule has 1 fully saturated rings. The van der Waals surface area contributed by atoms with Gasteiger partial charge in [-0.15, -0.1) is 16.4 Å². The Morgan fingerprint density at radius 2 is 1.93 bits per heavy atom. The van der Waals surface area contributed by atoms with Crippen LogP contribution in [0.1, 0.15) is 23.5 Å². The van der Waals surface area contributed by atoms with Gasteiger partial charge in [0.1, 0.15) is 11.5 Å². The van der Waals surface area contributed by atoms with Gasteiger partial charge in [0.2, 0.25) is 0 Å². The van der Waals surface area contributed by atoms with Gasteiger partial charge in [-0.1, -0.05) is 0 Å². The number of hydrogen-bond acceptors (Lipinski definition) is 7. The fourth-order valence-corrected chi connectivity index (χ4v) is 4.92. The minimum Gasteiger partial charge on any atom is -0.355 e. The molecular formula is C21H23N7OS. The molecule has 0 spiro atoms. The van der Waals surface area contributed by atoms with Gasteiger partial charge in [-0.2, -0.15) is 5.10 Å². The fraction of sp³-hybridized carbons (Fsp3) is 0.381. The maximum Gasteiger partial charge on any atom is 0.266 e. The van der Waals surface area contributed by atoms with Gasteiger partial charge >= 0.3 is 0 Å². The molecule has 0 atom stereocenters. The lowest BCUT2D eigenvalue weighted by Gasteiger charge is -2.32. The second-order valence-electron chi connectivity index (χ2n) is 7.74. The molecule has 30 heavy (non-hydrogen) atoms. The van der Waals surface area contributed by atoms with Crippen molar-refractivity contribution in [3.05, 3.63) is 57.7 Å². The number of aryl methyl sites for hydroxylation is 2. The number of hydrogen-bond donors (Lipinski definition) is 0. The minimum absolute atomic E-state index is 0.0488. The zero-order valence-electron chi connectivity index (χ0n) is 17.0. The van der Waals surface area contributed by atoms with E-state index < -0.39 is 0 Å². The monoisotopic (exact) mass is 421 g/mol. The summed E-state index contributed by atoms with van der Waals surface area (Å²) >= 11 is 1.62. The Hall–Kier alpha value is -3.07. The van der Waals surface area contributed by atoms with Crippen LogP contribution < -0.4 is 10.5 Å². The van der Waals surface area contributed by atoms with Crippen LogP contribution in [0.5, 0.6) is 0 Å². The lowest BCUT2D eigenvalue weighted by Crippen LogP contribution is -2.37. The molecule has 0 bridgehead atoms. The lowest BCUT2D eigenvalue weighted by atomic mass is 9.97. The molecule has 0 aromatic carbocycles. The van der Waals surface area contributed by atoms with E-state index in [9.17, 15) is 4.79 Å². The Morgan fingerprint density at radius 1 is 1.10 bits per heavy atom. The number of rotatable bonds is 4. The van der Waals surface area contributed by atoms with Gasteiger partial charge in [0.25, 0.3) is 5.56 Å². The Balaban J connectivity index is 1.28. The van der Waals surface area contributed by atoms with E-state index in [1.165, 1.54) is 0 Å². The summed E-state index contributed by atoms with van der Waals surface area (Å²) in [6.07, 6.45) is 5.62. The topological polar surface area (TPSA) is 81.2 Å². The van der Waals surface area contributed by atoms with E-state index in [4.69, 9.17) is 0 Å². The van der Waals surface area contributed by atoms with Gasteiger partial charge in [0.15, 0.2) is 5.65 Å². The molecule has 0 amide bonds. The highest BCUT2D eigenvalue weighted by Gasteiger charge is 2.22. The van der Waals surface area contributed by atoms with Crippen LogP contribution in [0.2, 0.25) is 0 Å². The van der Waals surface area contributed by atoms with Crippen molar-refractivity contribution >= 4 is 22.8 Å². The van der Waals surface area contributed by atoms with E-state index in [0.29, 0.717) is 12.5 Å². The summed E-state index contributed by atoms with van der Waals surface area (Å²) in [5.41, 5.74) is 2.59. The number of aromatic nitrogens is 6. The van der Waals surface area contributed by atoms with Crippen molar-refractivity contribution in [3.8, 4) is 10.6 Å². The van der Waals surface area contributed by atoms with Gasteiger partial charge in [-0.3, -0.25) is 4.79 Å². The summed E-state index contributed by atoms with van der Waals surface area (Å²) in [5, 5.41) is 10.3. The molecule has 154 valence electrons. The van der Waals surface area contributed by atoms with Gasteiger partial charge in [-0.05, 0) is 50.8 Å². The molecule has 1 aliphatic rings. The Kier molecular flexibility index (Phi) is 4.82. The van der Waals surface area contributed by atoms with Crippen LogP contribution in [0, 0.1) is 19.8 Å². The highest BCUT2D eigenvalue weighted by Crippen LogP contribution is 2.28. The van der Waals surface area contributed by atoms with Crippen molar-refractivity contribution in [2.24, 2.45) is 5.92 Å². The van der Waals surface area contributed by atoms with Crippen LogP contribution in [0.25, 0.3) is 16.2 Å². The third-order valence-corrected chi connectivity index (χ3v) is 6.71. The molecule has 0 radical (unpaired) electrons. The first-order chi connectivity index (χ1) is 14.6. The number of fused-ring (bicyclic) bond motifs is 1. The van der Waals surface area contributed by atoms with E-state index >= 15 is 0 Å². The smallest absolute Gasteiger partial charge is 0.266 e. The lowest BCUT2D eigenvalue weighted by molar-refractivity contribution is 0.334. The fourth-order valence-electron chi connectivity index (χ4n) is 4.03. The number of anilines is 1. The first-order valence-electron chi connectivity index (χ1n) is 10.1. The summed E-state index contributed by atoms with van der Waals surface area (Å²) in [7, 11) is 0. The summed E-state index contributed by atoms with van der Waals surface area (Å²) < 4.78 is 3.43. The summed E-state index contributed by atoms with van der Waals surface area (Å²) in [6, 6.07) is 7.44. The normalized spacial score (nSPS) is 15.2. The van der Waals surface area contributed by atoms with Crippen LogP contribution in [-0.4, -0.2) is 42.5 Å². The largest absolute Gasteiger partial charge is 0.355 e. The van der Waals surface area contributed by atoms with Crippen LogP contribution in [0.15, 0.2) is 41.5 Å². The molecule has 5 rings (SSSR count). The average Bonchev–Trinajstić information content (AvgIpc) is 3.35. The van der Waals surface area contributed by atoms with Gasteiger partial charge in [-0.25, -0.2) is 19.2 Å². The molecule has 9 heteroatoms. The molecule has 5 heterocycles. The molecule has 0 unspecified atom stereocenters. The maximum atomic E-state index is 12.4. The van der Waals surface area contributed by atoms with Gasteiger partial charge in [0.05, 0.1) is 15.6 Å². The summed E-state index contributed by atoms with van der Waals surface area (Å²) in [4.78, 5) is 24.5. The number of thiazole rings is 1. The highest BCUT2D eigenvalue weighted by molar-refractivity contribution is 7.15. The second kappa shape index (κ2) is 7.64. The molecule has 0 N–H and O–H groups in total. The third kappa shape index (κ3) is 3.60. The van der Waals surface area contributed by atoms with E-state index in [1.54, 1.807) is 38.9 Å². The molecule has 4 aromatic heterocycles. The number of imidazole rings is 1. The van der Waals surface area contributed by atoms with Crippen LogP contribution in [0.4, 0.5) is 5.82 Å². The quantitative estimate of drug-likeness (QED) is 0.504. The van der Waals surface area contributed by atoms with Crippen LogP contribution >= 0.6 is 11.3 Å². The first kappa shape index (κ1) is 18.9. The number of piperidine rings is 1. The van der Waals surface area contributed by atoms with E-state index in [-0.39, 0.29) is 5.56 Å². The Labute approximate surface area is 177 Å². The molecular weight excluding hydrogens is 398 g/mol. The zero-order chi connectivity index (χ0) is 20.7. The minimum atomic E-state index is -0.0488. The highest BCUT2D eigenvalue weighted by atomic mass is 32.1. The standard InChI is InChI=1S/C21H23N7OS/c1-14-21(30-15(2)23-14)17-3-6-20(29)28(24-17)13-16-7-10-26(11-8-16)19-5-4-18-22-9-12-27(18)25-19/h3-6,9,12,16H,7-8,10-11,13H2,1-2H3. The summed E-state index contributed by atoms with van der Waals surface area (Å²) in [5.74, 6) is 1.38. The third-order valence-electron chi connectivity index (χ3n) is 5.61. The zero-order valence-corrected chi connectivity index (χ0v) is 17.8.